The van der Waals surface area contributed by atoms with Gasteiger partial charge in [-0.05, 0) is 31.0 Å². The van der Waals surface area contributed by atoms with Crippen LogP contribution < -0.4 is 5.32 Å². The molecule has 1 aromatic rings. The van der Waals surface area contributed by atoms with E-state index in [0.29, 0.717) is 5.02 Å². The van der Waals surface area contributed by atoms with E-state index in [4.69, 9.17) is 11.6 Å². The van der Waals surface area contributed by atoms with Crippen molar-refractivity contribution in [1.29, 1.82) is 0 Å². The number of aliphatic hydroxyl groups is 2. The summed E-state index contributed by atoms with van der Waals surface area (Å²) in [5, 5.41) is 22.5. The van der Waals surface area contributed by atoms with E-state index >= 15 is 0 Å². The van der Waals surface area contributed by atoms with Gasteiger partial charge in [-0.15, -0.1) is 0 Å². The van der Waals surface area contributed by atoms with Crippen LogP contribution in [0, 0.1) is 0 Å². The third-order valence-electron chi connectivity index (χ3n) is 2.90. The van der Waals surface area contributed by atoms with Crippen LogP contribution in [0.25, 0.3) is 0 Å². The van der Waals surface area contributed by atoms with Crippen molar-refractivity contribution in [3.63, 3.8) is 0 Å². The van der Waals surface area contributed by atoms with E-state index in [-0.39, 0.29) is 19.3 Å². The summed E-state index contributed by atoms with van der Waals surface area (Å²) in [6.45, 7) is 3.65. The molecule has 0 aliphatic heterocycles. The van der Waals surface area contributed by atoms with Crippen molar-refractivity contribution in [2.45, 2.75) is 31.8 Å². The molecule has 1 unspecified atom stereocenters. The Bertz CT molecular complexity index is 336. The standard InChI is InChI=1S/C13H20ClNO2/c1-3-12(15-13(2,8-16)9-17)10-4-6-11(14)7-5-10/h4-7,12,15-17H,3,8-9H2,1-2H3. The fourth-order valence-electron chi connectivity index (χ4n) is 1.68. The van der Waals surface area contributed by atoms with Crippen LogP contribution in [-0.2, 0) is 0 Å². The second-order valence-corrected chi connectivity index (χ2v) is 4.97. The quantitative estimate of drug-likeness (QED) is 0.732. The number of rotatable bonds is 6. The molecule has 96 valence electrons. The van der Waals surface area contributed by atoms with Crippen LogP contribution >= 0.6 is 11.6 Å². The molecule has 1 aromatic carbocycles. The molecule has 0 bridgehead atoms. The number of hydrogen-bond donors (Lipinski definition) is 3. The SMILES string of the molecule is CCC(NC(C)(CO)CO)c1ccc(Cl)cc1. The largest absolute Gasteiger partial charge is 0.394 e. The molecule has 0 aliphatic rings. The van der Waals surface area contributed by atoms with Crippen LogP contribution in [0.5, 0.6) is 0 Å². The van der Waals surface area contributed by atoms with E-state index in [1.165, 1.54) is 0 Å². The lowest BCUT2D eigenvalue weighted by Gasteiger charge is -2.32. The summed E-state index contributed by atoms with van der Waals surface area (Å²) in [7, 11) is 0. The molecule has 0 radical (unpaired) electrons. The molecular weight excluding hydrogens is 238 g/mol. The predicted octanol–water partition coefficient (Wildman–Crippen LogP) is 2.12. The van der Waals surface area contributed by atoms with Gasteiger partial charge < -0.3 is 15.5 Å². The van der Waals surface area contributed by atoms with Gasteiger partial charge in [-0.1, -0.05) is 30.7 Å². The molecule has 0 amide bonds. The van der Waals surface area contributed by atoms with Crippen molar-refractivity contribution in [1.82, 2.24) is 5.32 Å². The Morgan fingerprint density at radius 3 is 2.18 bits per heavy atom. The Labute approximate surface area is 107 Å². The summed E-state index contributed by atoms with van der Waals surface area (Å²) in [5.74, 6) is 0. The molecule has 0 aromatic heterocycles. The lowest BCUT2D eigenvalue weighted by molar-refractivity contribution is 0.0932. The van der Waals surface area contributed by atoms with Gasteiger partial charge in [0.05, 0.1) is 18.8 Å². The summed E-state index contributed by atoms with van der Waals surface area (Å²) in [5.41, 5.74) is 0.436. The molecule has 0 fully saturated rings. The average molecular weight is 258 g/mol. The highest BCUT2D eigenvalue weighted by atomic mass is 35.5. The number of hydrogen-bond acceptors (Lipinski definition) is 3. The molecular formula is C13H20ClNO2. The maximum absolute atomic E-state index is 9.28. The van der Waals surface area contributed by atoms with E-state index in [1.54, 1.807) is 6.92 Å². The third-order valence-corrected chi connectivity index (χ3v) is 3.15. The number of halogens is 1. The molecule has 0 saturated carbocycles. The molecule has 0 saturated heterocycles. The zero-order valence-corrected chi connectivity index (χ0v) is 11.0. The zero-order valence-electron chi connectivity index (χ0n) is 10.3. The van der Waals surface area contributed by atoms with Crippen molar-refractivity contribution in [3.8, 4) is 0 Å². The first-order valence-electron chi connectivity index (χ1n) is 5.79. The number of benzene rings is 1. The van der Waals surface area contributed by atoms with E-state index in [1.807, 2.05) is 24.3 Å². The molecule has 3 nitrogen and oxygen atoms in total. The van der Waals surface area contributed by atoms with Crippen LogP contribution in [0.2, 0.25) is 5.02 Å². The Hall–Kier alpha value is -0.610. The van der Waals surface area contributed by atoms with Gasteiger partial charge in [0.25, 0.3) is 0 Å². The van der Waals surface area contributed by atoms with E-state index < -0.39 is 5.54 Å². The molecule has 0 spiro atoms. The summed E-state index contributed by atoms with van der Waals surface area (Å²) < 4.78 is 0. The van der Waals surface area contributed by atoms with Crippen molar-refractivity contribution in [2.75, 3.05) is 13.2 Å². The van der Waals surface area contributed by atoms with E-state index in [9.17, 15) is 10.2 Å². The Morgan fingerprint density at radius 1 is 1.24 bits per heavy atom. The molecule has 0 heterocycles. The van der Waals surface area contributed by atoms with Crippen molar-refractivity contribution < 1.29 is 10.2 Å². The van der Waals surface area contributed by atoms with Crippen LogP contribution in [0.15, 0.2) is 24.3 Å². The Kier molecular flexibility index (Phi) is 5.40. The molecule has 17 heavy (non-hydrogen) atoms. The average Bonchev–Trinajstić information content (AvgIpc) is 2.37. The highest BCUT2D eigenvalue weighted by Crippen LogP contribution is 2.21. The van der Waals surface area contributed by atoms with Gasteiger partial charge in [0, 0.05) is 11.1 Å². The van der Waals surface area contributed by atoms with Gasteiger partial charge in [-0.3, -0.25) is 0 Å². The second kappa shape index (κ2) is 6.36. The van der Waals surface area contributed by atoms with Gasteiger partial charge in [0.1, 0.15) is 0 Å². The highest BCUT2D eigenvalue weighted by Gasteiger charge is 2.25. The first kappa shape index (κ1) is 14.5. The van der Waals surface area contributed by atoms with Crippen molar-refractivity contribution in [3.05, 3.63) is 34.9 Å². The van der Waals surface area contributed by atoms with E-state index in [2.05, 4.69) is 12.2 Å². The van der Waals surface area contributed by atoms with Crippen LogP contribution in [-0.4, -0.2) is 29.0 Å². The minimum absolute atomic E-state index is 0.0940. The number of nitrogens with one attached hydrogen (secondary N) is 1. The van der Waals surface area contributed by atoms with Crippen LogP contribution in [0.4, 0.5) is 0 Å². The minimum Gasteiger partial charge on any atom is -0.394 e. The molecule has 1 rings (SSSR count). The second-order valence-electron chi connectivity index (χ2n) is 4.53. The zero-order chi connectivity index (χ0) is 12.9. The smallest absolute Gasteiger partial charge is 0.0633 e. The lowest BCUT2D eigenvalue weighted by atomic mass is 9.98. The topological polar surface area (TPSA) is 52.5 Å². The van der Waals surface area contributed by atoms with Crippen molar-refractivity contribution in [2.24, 2.45) is 0 Å². The first-order chi connectivity index (χ1) is 8.04. The van der Waals surface area contributed by atoms with Crippen molar-refractivity contribution >= 4 is 11.6 Å². The van der Waals surface area contributed by atoms with Crippen LogP contribution in [0.1, 0.15) is 31.9 Å². The molecule has 3 N–H and O–H groups in total. The predicted molar refractivity (Wildman–Crippen MR) is 70.2 cm³/mol. The summed E-state index contributed by atoms with van der Waals surface area (Å²) in [6.07, 6.45) is 0.872. The van der Waals surface area contributed by atoms with E-state index in [0.717, 1.165) is 12.0 Å². The summed E-state index contributed by atoms with van der Waals surface area (Å²) in [4.78, 5) is 0. The number of aliphatic hydroxyl groups excluding tert-OH is 2. The monoisotopic (exact) mass is 257 g/mol. The first-order valence-corrected chi connectivity index (χ1v) is 6.17. The Morgan fingerprint density at radius 2 is 1.76 bits per heavy atom. The lowest BCUT2D eigenvalue weighted by Crippen LogP contribution is -2.50. The summed E-state index contributed by atoms with van der Waals surface area (Å²) in [6, 6.07) is 7.70. The summed E-state index contributed by atoms with van der Waals surface area (Å²) >= 11 is 5.85. The van der Waals surface area contributed by atoms with Gasteiger partial charge in [0.15, 0.2) is 0 Å². The normalized spacial score (nSPS) is 13.7. The van der Waals surface area contributed by atoms with Gasteiger partial charge in [0.2, 0.25) is 0 Å². The molecule has 4 heteroatoms. The fourth-order valence-corrected chi connectivity index (χ4v) is 1.80. The fraction of sp³-hybridized carbons (Fsp3) is 0.538. The maximum atomic E-state index is 9.28. The van der Waals surface area contributed by atoms with Crippen LogP contribution in [0.3, 0.4) is 0 Å². The highest BCUT2D eigenvalue weighted by molar-refractivity contribution is 6.30. The third kappa shape index (κ3) is 3.96. The Balaban J connectivity index is 2.81. The van der Waals surface area contributed by atoms with Gasteiger partial charge >= 0.3 is 0 Å². The van der Waals surface area contributed by atoms with Gasteiger partial charge in [-0.25, -0.2) is 0 Å². The molecule has 1 atom stereocenters. The maximum Gasteiger partial charge on any atom is 0.0633 e. The van der Waals surface area contributed by atoms with Gasteiger partial charge in [-0.2, -0.15) is 0 Å². The minimum atomic E-state index is -0.666. The molecule has 0 aliphatic carbocycles.